The maximum atomic E-state index is 12.7. The Kier molecular flexibility index (Phi) is 4.14. The highest BCUT2D eigenvalue weighted by Crippen LogP contribution is 2.39. The van der Waals surface area contributed by atoms with E-state index in [1.54, 1.807) is 6.07 Å². The molecular weight excluding hydrogens is 265 g/mol. The minimum Gasteiger partial charge on any atom is -0.389 e. The van der Waals surface area contributed by atoms with Gasteiger partial charge in [-0.2, -0.15) is 13.2 Å². The third-order valence-electron chi connectivity index (χ3n) is 4.48. The number of hydrogen-bond acceptors (Lipinski definition) is 1. The summed E-state index contributed by atoms with van der Waals surface area (Å²) in [4.78, 5) is 0. The zero-order chi connectivity index (χ0) is 15.0. The SMILES string of the molecule is CC1CCC(C)C(O)(Cc2cccc(C(F)(F)F)c2)C1. The van der Waals surface area contributed by atoms with E-state index in [0.29, 0.717) is 24.3 Å². The van der Waals surface area contributed by atoms with Crippen LogP contribution in [-0.2, 0) is 12.6 Å². The maximum absolute atomic E-state index is 12.7. The van der Waals surface area contributed by atoms with Gasteiger partial charge in [0.05, 0.1) is 11.2 Å². The molecular formula is C16H21F3O. The lowest BCUT2D eigenvalue weighted by Crippen LogP contribution is -2.43. The van der Waals surface area contributed by atoms with Crippen molar-refractivity contribution < 1.29 is 18.3 Å². The molecule has 1 aromatic rings. The lowest BCUT2D eigenvalue weighted by Gasteiger charge is -2.41. The standard InChI is InChI=1S/C16H21F3O/c1-11-6-7-12(2)15(20,9-11)10-13-4-3-5-14(8-13)16(17,18)19/h3-5,8,11-12,20H,6-7,9-10H2,1-2H3. The van der Waals surface area contributed by atoms with Gasteiger partial charge in [0.25, 0.3) is 0 Å². The zero-order valence-electron chi connectivity index (χ0n) is 11.9. The van der Waals surface area contributed by atoms with E-state index in [9.17, 15) is 18.3 Å². The van der Waals surface area contributed by atoms with Gasteiger partial charge in [0.15, 0.2) is 0 Å². The van der Waals surface area contributed by atoms with E-state index in [1.807, 2.05) is 6.92 Å². The van der Waals surface area contributed by atoms with Gasteiger partial charge in [-0.25, -0.2) is 0 Å². The van der Waals surface area contributed by atoms with Gasteiger partial charge in [-0.3, -0.25) is 0 Å². The lowest BCUT2D eigenvalue weighted by atomic mass is 9.69. The van der Waals surface area contributed by atoms with Crippen molar-refractivity contribution in [2.45, 2.75) is 51.3 Å². The second-order valence-corrected chi connectivity index (χ2v) is 6.27. The molecule has 112 valence electrons. The fraction of sp³-hybridized carbons (Fsp3) is 0.625. The van der Waals surface area contributed by atoms with Crippen LogP contribution >= 0.6 is 0 Å². The first kappa shape index (κ1) is 15.4. The van der Waals surface area contributed by atoms with Gasteiger partial charge in [-0.05, 0) is 36.3 Å². The molecule has 0 aromatic heterocycles. The first-order valence-corrected chi connectivity index (χ1v) is 7.09. The Morgan fingerprint density at radius 1 is 1.25 bits per heavy atom. The second kappa shape index (κ2) is 5.40. The number of benzene rings is 1. The highest BCUT2D eigenvalue weighted by Gasteiger charge is 2.39. The summed E-state index contributed by atoms with van der Waals surface area (Å²) in [6.45, 7) is 4.07. The summed E-state index contributed by atoms with van der Waals surface area (Å²) < 4.78 is 38.2. The van der Waals surface area contributed by atoms with Crippen LogP contribution in [0.15, 0.2) is 24.3 Å². The summed E-state index contributed by atoms with van der Waals surface area (Å²) >= 11 is 0. The van der Waals surface area contributed by atoms with Crippen molar-refractivity contribution in [3.8, 4) is 0 Å². The van der Waals surface area contributed by atoms with Crippen molar-refractivity contribution in [2.75, 3.05) is 0 Å². The summed E-state index contributed by atoms with van der Waals surface area (Å²) in [5.74, 6) is 0.537. The Morgan fingerprint density at radius 3 is 2.60 bits per heavy atom. The monoisotopic (exact) mass is 286 g/mol. The molecule has 1 N–H and O–H groups in total. The topological polar surface area (TPSA) is 20.2 Å². The summed E-state index contributed by atoms with van der Waals surface area (Å²) in [7, 11) is 0. The van der Waals surface area contributed by atoms with E-state index in [-0.39, 0.29) is 5.92 Å². The van der Waals surface area contributed by atoms with Crippen molar-refractivity contribution in [3.05, 3.63) is 35.4 Å². The average molecular weight is 286 g/mol. The molecule has 1 aliphatic carbocycles. The molecule has 4 heteroatoms. The van der Waals surface area contributed by atoms with Crippen LogP contribution < -0.4 is 0 Å². The molecule has 0 spiro atoms. The largest absolute Gasteiger partial charge is 0.416 e. The van der Waals surface area contributed by atoms with E-state index in [0.717, 1.165) is 25.0 Å². The number of hydrogen-bond donors (Lipinski definition) is 1. The van der Waals surface area contributed by atoms with Crippen molar-refractivity contribution in [3.63, 3.8) is 0 Å². The Hall–Kier alpha value is -1.03. The lowest BCUT2D eigenvalue weighted by molar-refractivity contribution is -0.137. The van der Waals surface area contributed by atoms with Gasteiger partial charge in [0.2, 0.25) is 0 Å². The Labute approximate surface area is 117 Å². The van der Waals surface area contributed by atoms with Crippen molar-refractivity contribution >= 4 is 0 Å². The van der Waals surface area contributed by atoms with Gasteiger partial charge in [-0.1, -0.05) is 38.5 Å². The minimum atomic E-state index is -4.33. The minimum absolute atomic E-state index is 0.119. The molecule has 1 saturated carbocycles. The van der Waals surface area contributed by atoms with E-state index in [4.69, 9.17) is 0 Å². The average Bonchev–Trinajstić information content (AvgIpc) is 2.33. The summed E-state index contributed by atoms with van der Waals surface area (Å²) in [5.41, 5.74) is -0.972. The predicted octanol–water partition coefficient (Wildman–Crippen LogP) is 4.44. The van der Waals surface area contributed by atoms with Crippen LogP contribution in [0.2, 0.25) is 0 Å². The van der Waals surface area contributed by atoms with Crippen molar-refractivity contribution in [2.24, 2.45) is 11.8 Å². The molecule has 2 rings (SSSR count). The molecule has 1 fully saturated rings. The van der Waals surface area contributed by atoms with Crippen LogP contribution in [0.3, 0.4) is 0 Å². The molecule has 1 nitrogen and oxygen atoms in total. The fourth-order valence-electron chi connectivity index (χ4n) is 3.17. The van der Waals surface area contributed by atoms with E-state index in [1.165, 1.54) is 6.07 Å². The zero-order valence-corrected chi connectivity index (χ0v) is 11.9. The van der Waals surface area contributed by atoms with E-state index in [2.05, 4.69) is 6.92 Å². The van der Waals surface area contributed by atoms with Crippen molar-refractivity contribution in [1.29, 1.82) is 0 Å². The molecule has 0 bridgehead atoms. The van der Waals surface area contributed by atoms with Crippen LogP contribution in [-0.4, -0.2) is 10.7 Å². The van der Waals surface area contributed by atoms with Crippen molar-refractivity contribution in [1.82, 2.24) is 0 Å². The smallest absolute Gasteiger partial charge is 0.389 e. The second-order valence-electron chi connectivity index (χ2n) is 6.27. The fourth-order valence-corrected chi connectivity index (χ4v) is 3.17. The Morgan fingerprint density at radius 2 is 1.95 bits per heavy atom. The molecule has 0 aliphatic heterocycles. The molecule has 0 amide bonds. The molecule has 0 radical (unpaired) electrons. The third-order valence-corrected chi connectivity index (χ3v) is 4.48. The highest BCUT2D eigenvalue weighted by atomic mass is 19.4. The Balaban J connectivity index is 2.20. The Bertz CT molecular complexity index is 469. The van der Waals surface area contributed by atoms with Gasteiger partial charge >= 0.3 is 6.18 Å². The molecule has 1 aliphatic rings. The van der Waals surface area contributed by atoms with E-state index >= 15 is 0 Å². The molecule has 3 atom stereocenters. The number of rotatable bonds is 2. The van der Waals surface area contributed by atoms with E-state index < -0.39 is 17.3 Å². The van der Waals surface area contributed by atoms with Crippen LogP contribution in [0.4, 0.5) is 13.2 Å². The molecule has 3 unspecified atom stereocenters. The van der Waals surface area contributed by atoms with Crippen LogP contribution in [0.25, 0.3) is 0 Å². The summed E-state index contributed by atoms with van der Waals surface area (Å²) in [6, 6.07) is 5.31. The maximum Gasteiger partial charge on any atom is 0.416 e. The first-order chi connectivity index (χ1) is 9.21. The number of halogens is 3. The molecule has 20 heavy (non-hydrogen) atoms. The first-order valence-electron chi connectivity index (χ1n) is 7.09. The predicted molar refractivity (Wildman–Crippen MR) is 72.3 cm³/mol. The third kappa shape index (κ3) is 3.35. The highest BCUT2D eigenvalue weighted by molar-refractivity contribution is 5.27. The number of alkyl halides is 3. The van der Waals surface area contributed by atoms with Gasteiger partial charge in [-0.15, -0.1) is 0 Å². The van der Waals surface area contributed by atoms with Crippen LogP contribution in [0.5, 0.6) is 0 Å². The normalized spacial score (nSPS) is 31.3. The summed E-state index contributed by atoms with van der Waals surface area (Å²) in [5, 5.41) is 10.8. The summed E-state index contributed by atoms with van der Waals surface area (Å²) in [6.07, 6.45) is -1.38. The van der Waals surface area contributed by atoms with Crippen LogP contribution in [0.1, 0.15) is 44.2 Å². The molecule has 0 saturated heterocycles. The molecule has 1 aromatic carbocycles. The van der Waals surface area contributed by atoms with Gasteiger partial charge < -0.3 is 5.11 Å². The number of aliphatic hydroxyl groups is 1. The quantitative estimate of drug-likeness (QED) is 0.852. The van der Waals surface area contributed by atoms with Crippen LogP contribution in [0, 0.1) is 11.8 Å². The molecule has 0 heterocycles. The van der Waals surface area contributed by atoms with Gasteiger partial charge in [0, 0.05) is 6.42 Å². The van der Waals surface area contributed by atoms with Gasteiger partial charge in [0.1, 0.15) is 0 Å².